The van der Waals surface area contributed by atoms with Crippen LogP contribution in [0.15, 0.2) is 50.2 Å². The van der Waals surface area contributed by atoms with Crippen LogP contribution in [0.5, 0.6) is 0 Å². The van der Waals surface area contributed by atoms with Crippen LogP contribution in [-0.2, 0) is 4.79 Å². The van der Waals surface area contributed by atoms with Crippen LogP contribution in [-0.4, -0.2) is 5.91 Å². The molecule has 0 atom stereocenters. The van der Waals surface area contributed by atoms with E-state index in [1.54, 1.807) is 31.2 Å². The maximum absolute atomic E-state index is 12.0. The van der Waals surface area contributed by atoms with Crippen molar-refractivity contribution in [2.45, 2.75) is 13.8 Å². The van der Waals surface area contributed by atoms with Crippen LogP contribution >= 0.6 is 23.2 Å². The Morgan fingerprint density at radius 1 is 1.04 bits per heavy atom. The van der Waals surface area contributed by atoms with Crippen LogP contribution < -0.4 is 16.3 Å². The molecule has 4 aromatic rings. The SMILES string of the molecule is CC(=O)Nc1cc2c(C)cc(=O)oc2c2c(Nc3ccc(Cl)c(Cl)c3)coc12. The third-order valence-electron chi connectivity index (χ3n) is 4.27. The van der Waals surface area contributed by atoms with E-state index in [9.17, 15) is 9.59 Å². The number of hydrogen-bond donors (Lipinski definition) is 2. The Balaban J connectivity index is 1.99. The van der Waals surface area contributed by atoms with Gasteiger partial charge < -0.3 is 19.5 Å². The molecule has 2 heterocycles. The lowest BCUT2D eigenvalue weighted by Gasteiger charge is -2.10. The summed E-state index contributed by atoms with van der Waals surface area (Å²) in [4.78, 5) is 23.6. The monoisotopic (exact) mass is 416 g/mol. The molecular weight excluding hydrogens is 403 g/mol. The van der Waals surface area contributed by atoms with Gasteiger partial charge in [-0.05, 0) is 36.8 Å². The second kappa shape index (κ2) is 6.89. The van der Waals surface area contributed by atoms with E-state index in [2.05, 4.69) is 10.6 Å². The standard InChI is InChI=1S/C20H14Cl2N2O4/c1-9-5-17(26)28-19-12(9)7-15(23-10(2)25)20-18(19)16(8-27-20)24-11-3-4-13(21)14(22)6-11/h3-8,24H,1-2H3,(H,23,25). The molecule has 0 aliphatic heterocycles. The van der Waals surface area contributed by atoms with Gasteiger partial charge in [-0.3, -0.25) is 4.79 Å². The molecule has 8 heteroatoms. The molecule has 0 saturated carbocycles. The van der Waals surface area contributed by atoms with Gasteiger partial charge in [-0.25, -0.2) is 4.79 Å². The molecule has 4 rings (SSSR count). The number of aryl methyl sites for hydroxylation is 1. The van der Waals surface area contributed by atoms with Gasteiger partial charge in [0.2, 0.25) is 5.91 Å². The molecule has 0 aliphatic rings. The van der Waals surface area contributed by atoms with E-state index in [-0.39, 0.29) is 5.91 Å². The van der Waals surface area contributed by atoms with Crippen molar-refractivity contribution >= 4 is 68.1 Å². The molecule has 0 spiro atoms. The summed E-state index contributed by atoms with van der Waals surface area (Å²) < 4.78 is 11.2. The first-order chi connectivity index (χ1) is 13.3. The van der Waals surface area contributed by atoms with E-state index in [4.69, 9.17) is 32.0 Å². The lowest BCUT2D eigenvalue weighted by atomic mass is 10.1. The van der Waals surface area contributed by atoms with Gasteiger partial charge in [0.15, 0.2) is 11.2 Å². The van der Waals surface area contributed by atoms with Crippen molar-refractivity contribution in [2.75, 3.05) is 10.6 Å². The highest BCUT2D eigenvalue weighted by Gasteiger charge is 2.19. The number of carbonyl (C=O) groups excluding carboxylic acids is 1. The van der Waals surface area contributed by atoms with Crippen molar-refractivity contribution < 1.29 is 13.6 Å². The molecule has 6 nitrogen and oxygen atoms in total. The number of halogens is 2. The fourth-order valence-electron chi connectivity index (χ4n) is 3.08. The van der Waals surface area contributed by atoms with Gasteiger partial charge in [-0.15, -0.1) is 0 Å². The number of nitrogens with one attached hydrogen (secondary N) is 2. The first-order valence-electron chi connectivity index (χ1n) is 8.32. The van der Waals surface area contributed by atoms with Crippen LogP contribution in [0.2, 0.25) is 10.0 Å². The van der Waals surface area contributed by atoms with E-state index < -0.39 is 5.63 Å². The number of benzene rings is 2. The van der Waals surface area contributed by atoms with Crippen molar-refractivity contribution in [3.8, 4) is 0 Å². The molecule has 0 radical (unpaired) electrons. The molecule has 1 amide bonds. The van der Waals surface area contributed by atoms with Gasteiger partial charge >= 0.3 is 5.63 Å². The van der Waals surface area contributed by atoms with E-state index in [0.29, 0.717) is 49.0 Å². The average molecular weight is 417 g/mol. The van der Waals surface area contributed by atoms with Gasteiger partial charge in [-0.1, -0.05) is 23.2 Å². The summed E-state index contributed by atoms with van der Waals surface area (Å²) in [6, 6.07) is 8.22. The van der Waals surface area contributed by atoms with Crippen molar-refractivity contribution in [2.24, 2.45) is 0 Å². The second-order valence-electron chi connectivity index (χ2n) is 6.34. The average Bonchev–Trinajstić information content (AvgIpc) is 3.03. The van der Waals surface area contributed by atoms with Crippen LogP contribution in [0.4, 0.5) is 17.1 Å². The van der Waals surface area contributed by atoms with Gasteiger partial charge in [0.05, 0.1) is 26.8 Å². The molecule has 0 saturated heterocycles. The van der Waals surface area contributed by atoms with Gasteiger partial charge in [-0.2, -0.15) is 0 Å². The molecule has 0 unspecified atom stereocenters. The Morgan fingerprint density at radius 3 is 2.54 bits per heavy atom. The van der Waals surface area contributed by atoms with Crippen LogP contribution in [0.1, 0.15) is 12.5 Å². The highest BCUT2D eigenvalue weighted by Crippen LogP contribution is 2.40. The molecule has 0 aliphatic carbocycles. The smallest absolute Gasteiger partial charge is 0.336 e. The Hall–Kier alpha value is -2.96. The normalized spacial score (nSPS) is 11.1. The third kappa shape index (κ3) is 3.21. The van der Waals surface area contributed by atoms with Crippen molar-refractivity contribution in [1.82, 2.24) is 0 Å². The Kier molecular flexibility index (Phi) is 4.53. The maximum atomic E-state index is 12.0. The fraction of sp³-hybridized carbons (Fsp3) is 0.100. The summed E-state index contributed by atoms with van der Waals surface area (Å²) in [5.74, 6) is -0.244. The van der Waals surface area contributed by atoms with Crippen molar-refractivity contribution in [1.29, 1.82) is 0 Å². The summed E-state index contributed by atoms with van der Waals surface area (Å²) in [7, 11) is 0. The number of rotatable bonds is 3. The van der Waals surface area contributed by atoms with Crippen molar-refractivity contribution in [3.05, 3.63) is 62.6 Å². The summed E-state index contributed by atoms with van der Waals surface area (Å²) in [6.07, 6.45) is 1.49. The summed E-state index contributed by atoms with van der Waals surface area (Å²) in [6.45, 7) is 3.21. The second-order valence-corrected chi connectivity index (χ2v) is 7.15. The molecule has 2 N–H and O–H groups in total. The Morgan fingerprint density at radius 2 is 1.82 bits per heavy atom. The van der Waals surface area contributed by atoms with Crippen LogP contribution in [0.25, 0.3) is 21.9 Å². The molecule has 142 valence electrons. The first-order valence-corrected chi connectivity index (χ1v) is 9.07. The highest BCUT2D eigenvalue weighted by molar-refractivity contribution is 6.42. The summed E-state index contributed by atoms with van der Waals surface area (Å²) in [5, 5.41) is 8.00. The minimum absolute atomic E-state index is 0.244. The fourth-order valence-corrected chi connectivity index (χ4v) is 3.38. The van der Waals surface area contributed by atoms with Crippen LogP contribution in [0.3, 0.4) is 0 Å². The largest absolute Gasteiger partial charge is 0.460 e. The molecule has 2 aromatic carbocycles. The van der Waals surface area contributed by atoms with Crippen molar-refractivity contribution in [3.63, 3.8) is 0 Å². The predicted octanol–water partition coefficient (Wildman–Crippen LogP) is 5.86. The Labute approximate surface area is 169 Å². The number of fused-ring (bicyclic) bond motifs is 3. The zero-order valence-electron chi connectivity index (χ0n) is 14.9. The molecule has 0 bridgehead atoms. The van der Waals surface area contributed by atoms with Gasteiger partial charge in [0, 0.05) is 24.1 Å². The summed E-state index contributed by atoms with van der Waals surface area (Å²) in [5.41, 5.74) is 2.71. The number of anilines is 3. The van der Waals surface area contributed by atoms with Gasteiger partial charge in [0.1, 0.15) is 6.26 Å². The number of furan rings is 1. The van der Waals surface area contributed by atoms with E-state index in [1.165, 1.54) is 19.3 Å². The Bertz CT molecular complexity index is 1310. The number of carbonyl (C=O) groups is 1. The zero-order valence-corrected chi connectivity index (χ0v) is 16.4. The third-order valence-corrected chi connectivity index (χ3v) is 5.01. The lowest BCUT2D eigenvalue weighted by molar-refractivity contribution is -0.114. The lowest BCUT2D eigenvalue weighted by Crippen LogP contribution is -2.07. The van der Waals surface area contributed by atoms with E-state index >= 15 is 0 Å². The summed E-state index contributed by atoms with van der Waals surface area (Å²) >= 11 is 12.1. The number of hydrogen-bond acceptors (Lipinski definition) is 5. The number of amides is 1. The van der Waals surface area contributed by atoms with E-state index in [0.717, 1.165) is 5.56 Å². The molecule has 2 aromatic heterocycles. The quantitative estimate of drug-likeness (QED) is 0.408. The van der Waals surface area contributed by atoms with Crippen LogP contribution in [0, 0.1) is 6.92 Å². The van der Waals surface area contributed by atoms with E-state index in [1.807, 2.05) is 0 Å². The molecule has 28 heavy (non-hydrogen) atoms. The molecular formula is C20H14Cl2N2O4. The predicted molar refractivity (Wildman–Crippen MR) is 111 cm³/mol. The topological polar surface area (TPSA) is 84.5 Å². The maximum Gasteiger partial charge on any atom is 0.336 e. The minimum Gasteiger partial charge on any atom is -0.460 e. The highest BCUT2D eigenvalue weighted by atomic mass is 35.5. The first kappa shape index (κ1) is 18.4. The van der Waals surface area contributed by atoms with Gasteiger partial charge in [0.25, 0.3) is 0 Å². The zero-order chi connectivity index (χ0) is 20.0. The molecule has 0 fully saturated rings. The minimum atomic E-state index is -0.472.